The average molecular weight is 362 g/mol. The minimum absolute atomic E-state index is 0.214. The molecule has 0 aliphatic carbocycles. The van der Waals surface area contributed by atoms with Gasteiger partial charge in [-0.05, 0) is 36.4 Å². The summed E-state index contributed by atoms with van der Waals surface area (Å²) in [5.41, 5.74) is 2.74. The number of anilines is 1. The van der Waals surface area contributed by atoms with Crippen LogP contribution < -0.4 is 14.8 Å². The first kappa shape index (κ1) is 15.4. The van der Waals surface area contributed by atoms with Gasteiger partial charge in [-0.1, -0.05) is 6.07 Å². The average Bonchev–Trinajstić information content (AvgIpc) is 3.36. The van der Waals surface area contributed by atoms with Crippen LogP contribution >= 0.6 is 0 Å². The van der Waals surface area contributed by atoms with Crippen LogP contribution in [0.3, 0.4) is 0 Å². The minimum atomic E-state index is -0.326. The fourth-order valence-corrected chi connectivity index (χ4v) is 2.95. The fourth-order valence-electron chi connectivity index (χ4n) is 2.95. The quantitative estimate of drug-likeness (QED) is 0.602. The Morgan fingerprint density at radius 3 is 2.81 bits per heavy atom. The summed E-state index contributed by atoms with van der Waals surface area (Å²) in [4.78, 5) is 16.9. The van der Waals surface area contributed by atoms with Gasteiger partial charge < -0.3 is 13.9 Å². The fraction of sp³-hybridized carbons (Fsp3) is 0.105. The van der Waals surface area contributed by atoms with Gasteiger partial charge in [0.05, 0.1) is 18.2 Å². The first-order chi connectivity index (χ1) is 13.3. The maximum atomic E-state index is 12.6. The third kappa shape index (κ3) is 2.77. The Bertz CT molecular complexity index is 1130. The number of carbonyl (C=O) groups excluding carboxylic acids is 1. The first-order valence-electron chi connectivity index (χ1n) is 8.37. The molecule has 0 saturated heterocycles. The van der Waals surface area contributed by atoms with Crippen molar-refractivity contribution in [3.63, 3.8) is 0 Å². The number of rotatable bonds is 3. The van der Waals surface area contributed by atoms with Crippen LogP contribution in [-0.2, 0) is 0 Å². The second-order valence-corrected chi connectivity index (χ2v) is 5.94. The largest absolute Gasteiger partial charge is 0.486 e. The highest BCUT2D eigenvalue weighted by Gasteiger charge is 2.17. The van der Waals surface area contributed by atoms with E-state index in [-0.39, 0.29) is 11.9 Å². The van der Waals surface area contributed by atoms with Crippen LogP contribution in [0.1, 0.15) is 10.4 Å². The Morgan fingerprint density at radius 1 is 1.07 bits per heavy atom. The van der Waals surface area contributed by atoms with E-state index in [4.69, 9.17) is 13.9 Å². The predicted octanol–water partition coefficient (Wildman–Crippen LogP) is 3.01. The Hall–Kier alpha value is -3.81. The van der Waals surface area contributed by atoms with E-state index in [1.54, 1.807) is 35.2 Å². The molecule has 1 amide bonds. The number of ether oxygens (including phenoxy) is 2. The summed E-state index contributed by atoms with van der Waals surface area (Å²) in [7, 11) is 0. The van der Waals surface area contributed by atoms with Crippen LogP contribution in [0.4, 0.5) is 5.95 Å². The van der Waals surface area contributed by atoms with Crippen molar-refractivity contribution in [2.24, 2.45) is 0 Å². The summed E-state index contributed by atoms with van der Waals surface area (Å²) in [6.45, 7) is 0.964. The summed E-state index contributed by atoms with van der Waals surface area (Å²) in [6.07, 6.45) is 3.22. The standard InChI is InChI=1S/C19H14N4O4/c24-18(12-4-5-15-16(10-12)27-9-8-26-15)21-19-20-17-3-1-2-14(23(17)22-19)13-6-7-25-11-13/h1-7,10-11H,8-9H2,(H,21,22,24). The second kappa shape index (κ2) is 6.17. The van der Waals surface area contributed by atoms with Crippen LogP contribution in [-0.4, -0.2) is 33.7 Å². The molecule has 3 aromatic heterocycles. The third-order valence-electron chi connectivity index (χ3n) is 4.21. The molecular weight excluding hydrogens is 348 g/mol. The van der Waals surface area contributed by atoms with Gasteiger partial charge in [0.15, 0.2) is 17.1 Å². The highest BCUT2D eigenvalue weighted by molar-refractivity contribution is 6.03. The molecular formula is C19H14N4O4. The maximum absolute atomic E-state index is 12.6. The van der Waals surface area contributed by atoms with Crippen LogP contribution in [0.25, 0.3) is 16.9 Å². The van der Waals surface area contributed by atoms with Gasteiger partial charge in [0.25, 0.3) is 5.91 Å². The Balaban J connectivity index is 1.45. The first-order valence-corrected chi connectivity index (χ1v) is 8.37. The molecule has 1 aliphatic heterocycles. The predicted molar refractivity (Wildman–Crippen MR) is 96.1 cm³/mol. The molecule has 1 N–H and O–H groups in total. The van der Waals surface area contributed by atoms with Crippen molar-refractivity contribution in [1.29, 1.82) is 0 Å². The second-order valence-electron chi connectivity index (χ2n) is 5.94. The van der Waals surface area contributed by atoms with E-state index in [0.717, 1.165) is 11.3 Å². The van der Waals surface area contributed by atoms with Gasteiger partial charge in [0.2, 0.25) is 5.95 Å². The van der Waals surface area contributed by atoms with Crippen molar-refractivity contribution >= 4 is 17.5 Å². The van der Waals surface area contributed by atoms with Crippen molar-refractivity contribution in [3.8, 4) is 22.8 Å². The Labute approximate surface area is 153 Å². The number of fused-ring (bicyclic) bond motifs is 2. The number of hydrogen-bond acceptors (Lipinski definition) is 6. The normalized spacial score (nSPS) is 12.9. The van der Waals surface area contributed by atoms with Crippen LogP contribution in [0.2, 0.25) is 0 Å². The molecule has 134 valence electrons. The summed E-state index contributed by atoms with van der Waals surface area (Å²) >= 11 is 0. The smallest absolute Gasteiger partial charge is 0.258 e. The van der Waals surface area contributed by atoms with Gasteiger partial charge in [-0.25, -0.2) is 4.52 Å². The molecule has 0 fully saturated rings. The monoisotopic (exact) mass is 362 g/mol. The van der Waals surface area contributed by atoms with E-state index in [1.165, 1.54) is 0 Å². The lowest BCUT2D eigenvalue weighted by molar-refractivity contribution is 0.102. The van der Waals surface area contributed by atoms with E-state index in [9.17, 15) is 4.79 Å². The zero-order valence-electron chi connectivity index (χ0n) is 14.1. The number of benzene rings is 1. The molecule has 1 aromatic carbocycles. The molecule has 0 saturated carbocycles. The number of nitrogens with zero attached hydrogens (tertiary/aromatic N) is 3. The van der Waals surface area contributed by atoms with E-state index < -0.39 is 0 Å². The SMILES string of the molecule is O=C(Nc1nc2cccc(-c3ccoc3)n2n1)c1ccc2c(c1)OCCO2. The third-order valence-corrected chi connectivity index (χ3v) is 4.21. The van der Waals surface area contributed by atoms with Gasteiger partial charge in [-0.2, -0.15) is 4.98 Å². The molecule has 1 aliphatic rings. The minimum Gasteiger partial charge on any atom is -0.486 e. The highest BCUT2D eigenvalue weighted by Crippen LogP contribution is 2.31. The van der Waals surface area contributed by atoms with Crippen LogP contribution in [0.5, 0.6) is 11.5 Å². The molecule has 5 rings (SSSR count). The van der Waals surface area contributed by atoms with Crippen LogP contribution in [0.15, 0.2) is 59.4 Å². The molecule has 4 heterocycles. The summed E-state index contributed by atoms with van der Waals surface area (Å²) in [6, 6.07) is 12.5. The topological polar surface area (TPSA) is 90.9 Å². The van der Waals surface area contributed by atoms with Gasteiger partial charge in [-0.3, -0.25) is 10.1 Å². The molecule has 0 radical (unpaired) electrons. The van der Waals surface area contributed by atoms with E-state index in [0.29, 0.717) is 35.9 Å². The van der Waals surface area contributed by atoms with Crippen molar-refractivity contribution in [2.75, 3.05) is 18.5 Å². The summed E-state index contributed by atoms with van der Waals surface area (Å²) in [5.74, 6) is 1.08. The van der Waals surface area contributed by atoms with Gasteiger partial charge in [0, 0.05) is 11.1 Å². The van der Waals surface area contributed by atoms with Crippen LogP contribution in [0, 0.1) is 0 Å². The molecule has 8 heteroatoms. The van der Waals surface area contributed by atoms with E-state index in [1.807, 2.05) is 24.3 Å². The molecule has 0 bridgehead atoms. The molecule has 4 aromatic rings. The lowest BCUT2D eigenvalue weighted by Crippen LogP contribution is -2.17. The molecule has 0 unspecified atom stereocenters. The van der Waals surface area contributed by atoms with E-state index >= 15 is 0 Å². The lowest BCUT2D eigenvalue weighted by Gasteiger charge is -2.18. The number of carbonyl (C=O) groups is 1. The van der Waals surface area contributed by atoms with Crippen molar-refractivity contribution in [1.82, 2.24) is 14.6 Å². The molecule has 0 atom stereocenters. The maximum Gasteiger partial charge on any atom is 0.258 e. The number of furan rings is 1. The van der Waals surface area contributed by atoms with Crippen molar-refractivity contribution in [2.45, 2.75) is 0 Å². The van der Waals surface area contributed by atoms with Gasteiger partial charge in [-0.15, -0.1) is 5.10 Å². The zero-order chi connectivity index (χ0) is 18.2. The number of hydrogen-bond donors (Lipinski definition) is 1. The summed E-state index contributed by atoms with van der Waals surface area (Å²) in [5, 5.41) is 7.12. The lowest BCUT2D eigenvalue weighted by atomic mass is 10.2. The van der Waals surface area contributed by atoms with Crippen molar-refractivity contribution in [3.05, 3.63) is 60.6 Å². The number of pyridine rings is 1. The zero-order valence-corrected chi connectivity index (χ0v) is 14.1. The Morgan fingerprint density at radius 2 is 1.96 bits per heavy atom. The van der Waals surface area contributed by atoms with E-state index in [2.05, 4.69) is 15.4 Å². The molecule has 0 spiro atoms. The number of amides is 1. The molecule has 27 heavy (non-hydrogen) atoms. The van der Waals surface area contributed by atoms with Gasteiger partial charge >= 0.3 is 0 Å². The summed E-state index contributed by atoms with van der Waals surface area (Å²) < 4.78 is 17.8. The van der Waals surface area contributed by atoms with Crippen molar-refractivity contribution < 1.29 is 18.7 Å². The number of aromatic nitrogens is 3. The Kier molecular flexibility index (Phi) is 3.53. The van der Waals surface area contributed by atoms with Gasteiger partial charge in [0.1, 0.15) is 13.2 Å². The molecule has 8 nitrogen and oxygen atoms in total. The number of nitrogens with one attached hydrogen (secondary N) is 1. The highest BCUT2D eigenvalue weighted by atomic mass is 16.6.